The van der Waals surface area contributed by atoms with Crippen molar-refractivity contribution in [2.24, 2.45) is 4.99 Å². The van der Waals surface area contributed by atoms with E-state index in [9.17, 15) is 4.79 Å². The Hall–Kier alpha value is -2.34. The van der Waals surface area contributed by atoms with E-state index < -0.39 is 0 Å². The van der Waals surface area contributed by atoms with E-state index in [1.54, 1.807) is 0 Å². The molecule has 6 heteroatoms. The van der Waals surface area contributed by atoms with Crippen LogP contribution in [0.25, 0.3) is 0 Å². The van der Waals surface area contributed by atoms with Crippen LogP contribution in [0.3, 0.4) is 0 Å². The summed E-state index contributed by atoms with van der Waals surface area (Å²) in [5, 5.41) is 6.90. The van der Waals surface area contributed by atoms with Crippen molar-refractivity contribution in [1.82, 2.24) is 20.4 Å². The minimum atomic E-state index is 0.226. The smallest absolute Gasteiger partial charge is 0.223 e. The number of carbonyl (C=O) groups excluding carboxylic acids is 1. The molecule has 2 heterocycles. The van der Waals surface area contributed by atoms with Gasteiger partial charge in [0.1, 0.15) is 0 Å². The largest absolute Gasteiger partial charge is 0.357 e. The molecule has 0 unspecified atom stereocenters. The summed E-state index contributed by atoms with van der Waals surface area (Å²) in [6.07, 6.45) is 5.54. The van der Waals surface area contributed by atoms with Crippen molar-refractivity contribution < 1.29 is 4.79 Å². The maximum absolute atomic E-state index is 12.5. The zero-order chi connectivity index (χ0) is 20.5. The molecule has 1 amide bonds. The Labute approximate surface area is 175 Å². The van der Waals surface area contributed by atoms with Crippen molar-refractivity contribution in [1.29, 1.82) is 0 Å². The molecular weight excluding hydrogens is 362 g/mol. The number of piperidine rings is 1. The number of fused-ring (bicyclic) bond motifs is 1. The highest BCUT2D eigenvalue weighted by atomic mass is 16.2. The van der Waals surface area contributed by atoms with Gasteiger partial charge in [0, 0.05) is 58.3 Å². The highest BCUT2D eigenvalue weighted by Crippen LogP contribution is 2.22. The van der Waals surface area contributed by atoms with Gasteiger partial charge in [-0.15, -0.1) is 6.58 Å². The van der Waals surface area contributed by atoms with E-state index in [4.69, 9.17) is 4.99 Å². The lowest BCUT2D eigenvalue weighted by Gasteiger charge is -2.32. The lowest BCUT2D eigenvalue weighted by Crippen LogP contribution is -2.48. The molecule has 2 aliphatic rings. The fourth-order valence-electron chi connectivity index (χ4n) is 4.04. The second-order valence-corrected chi connectivity index (χ2v) is 7.89. The topological polar surface area (TPSA) is 60.0 Å². The Kier molecular flexibility index (Phi) is 8.11. The molecule has 0 aromatic heterocycles. The van der Waals surface area contributed by atoms with Gasteiger partial charge in [-0.2, -0.15) is 0 Å². The van der Waals surface area contributed by atoms with Crippen LogP contribution in [0.5, 0.6) is 0 Å². The first kappa shape index (κ1) is 21.4. The molecule has 3 rings (SSSR count). The Morgan fingerprint density at radius 2 is 1.93 bits per heavy atom. The zero-order valence-electron chi connectivity index (χ0n) is 17.7. The van der Waals surface area contributed by atoms with E-state index in [1.165, 1.54) is 11.1 Å². The number of guanidine groups is 1. The summed E-state index contributed by atoms with van der Waals surface area (Å²) in [5.41, 5.74) is 2.55. The zero-order valence-corrected chi connectivity index (χ0v) is 17.7. The number of likely N-dealkylation sites (tertiary alicyclic amines) is 1. The monoisotopic (exact) mass is 397 g/mol. The lowest BCUT2D eigenvalue weighted by atomic mass is 10.1. The molecule has 0 bridgehead atoms. The Balaban J connectivity index is 1.39. The van der Waals surface area contributed by atoms with Crippen LogP contribution in [-0.4, -0.2) is 60.4 Å². The van der Waals surface area contributed by atoms with Gasteiger partial charge in [0.05, 0.1) is 0 Å². The number of rotatable bonds is 8. The summed E-state index contributed by atoms with van der Waals surface area (Å²) < 4.78 is 0. The predicted molar refractivity (Wildman–Crippen MR) is 119 cm³/mol. The fourth-order valence-corrected chi connectivity index (χ4v) is 4.04. The van der Waals surface area contributed by atoms with Crippen molar-refractivity contribution in [2.75, 3.05) is 32.7 Å². The average molecular weight is 398 g/mol. The van der Waals surface area contributed by atoms with Crippen molar-refractivity contribution in [3.05, 3.63) is 48.0 Å². The molecule has 1 saturated heterocycles. The van der Waals surface area contributed by atoms with Gasteiger partial charge in [-0.25, -0.2) is 0 Å². The van der Waals surface area contributed by atoms with Crippen molar-refractivity contribution in [3.63, 3.8) is 0 Å². The number of benzene rings is 1. The summed E-state index contributed by atoms with van der Waals surface area (Å²) >= 11 is 0. The Morgan fingerprint density at radius 1 is 1.24 bits per heavy atom. The van der Waals surface area contributed by atoms with E-state index in [2.05, 4.69) is 41.2 Å². The van der Waals surface area contributed by atoms with E-state index in [0.29, 0.717) is 19.0 Å². The number of nitrogens with one attached hydrogen (secondary N) is 2. The third-order valence-corrected chi connectivity index (χ3v) is 5.67. The van der Waals surface area contributed by atoms with Crippen LogP contribution in [0.15, 0.2) is 41.9 Å². The predicted octanol–water partition coefficient (Wildman–Crippen LogP) is 2.51. The highest BCUT2D eigenvalue weighted by Gasteiger charge is 2.22. The summed E-state index contributed by atoms with van der Waals surface area (Å²) in [6.45, 7) is 12.0. The van der Waals surface area contributed by atoms with Gasteiger partial charge < -0.3 is 15.5 Å². The molecule has 1 aromatic rings. The van der Waals surface area contributed by atoms with Crippen LogP contribution in [0, 0.1) is 0 Å². The SMILES string of the molecule is C=CCN1CCC(NC(=NCCCC(=O)N2Cc3ccccc3C2)NCC)CC1. The Bertz CT molecular complexity index is 684. The van der Waals surface area contributed by atoms with Gasteiger partial charge >= 0.3 is 0 Å². The maximum Gasteiger partial charge on any atom is 0.223 e. The van der Waals surface area contributed by atoms with Gasteiger partial charge in [0.15, 0.2) is 5.96 Å². The molecule has 0 saturated carbocycles. The summed E-state index contributed by atoms with van der Waals surface area (Å²) in [4.78, 5) is 21.6. The first-order valence-electron chi connectivity index (χ1n) is 10.9. The van der Waals surface area contributed by atoms with Crippen LogP contribution in [-0.2, 0) is 17.9 Å². The minimum absolute atomic E-state index is 0.226. The van der Waals surface area contributed by atoms with E-state index in [1.807, 2.05) is 23.1 Å². The van der Waals surface area contributed by atoms with Gasteiger partial charge in [0.2, 0.25) is 5.91 Å². The maximum atomic E-state index is 12.5. The third kappa shape index (κ3) is 6.32. The van der Waals surface area contributed by atoms with Crippen LogP contribution in [0.4, 0.5) is 0 Å². The lowest BCUT2D eigenvalue weighted by molar-refractivity contribution is -0.131. The molecule has 6 nitrogen and oxygen atoms in total. The van der Waals surface area contributed by atoms with E-state index in [0.717, 1.165) is 64.5 Å². The molecule has 1 fully saturated rings. The summed E-state index contributed by atoms with van der Waals surface area (Å²) in [7, 11) is 0. The van der Waals surface area contributed by atoms with E-state index in [-0.39, 0.29) is 5.91 Å². The molecule has 1 aromatic carbocycles. The first-order valence-corrected chi connectivity index (χ1v) is 10.9. The molecule has 158 valence electrons. The van der Waals surface area contributed by atoms with Crippen molar-refractivity contribution in [3.8, 4) is 0 Å². The number of amides is 1. The fraction of sp³-hybridized carbons (Fsp3) is 0.565. The number of hydrogen-bond acceptors (Lipinski definition) is 3. The van der Waals surface area contributed by atoms with Crippen molar-refractivity contribution >= 4 is 11.9 Å². The summed E-state index contributed by atoms with van der Waals surface area (Å²) in [6, 6.07) is 8.77. The standard InChI is InChI=1S/C23H35N5O/c1-3-14-27-15-11-21(12-16-27)26-23(24-4-2)25-13-7-10-22(29)28-17-19-8-5-6-9-20(19)18-28/h3,5-6,8-9,21H,1,4,7,10-18H2,2H3,(H2,24,25,26). The van der Waals surface area contributed by atoms with E-state index >= 15 is 0 Å². The highest BCUT2D eigenvalue weighted by molar-refractivity contribution is 5.80. The van der Waals surface area contributed by atoms with Crippen molar-refractivity contribution in [2.45, 2.75) is 51.7 Å². The first-order chi connectivity index (χ1) is 14.2. The second kappa shape index (κ2) is 11.0. The summed E-state index contributed by atoms with van der Waals surface area (Å²) in [5.74, 6) is 1.10. The van der Waals surface area contributed by atoms with Crippen LogP contribution in [0.2, 0.25) is 0 Å². The number of hydrogen-bond donors (Lipinski definition) is 2. The molecule has 0 aliphatic carbocycles. The molecule has 29 heavy (non-hydrogen) atoms. The van der Waals surface area contributed by atoms with Crippen LogP contribution >= 0.6 is 0 Å². The molecule has 0 radical (unpaired) electrons. The van der Waals surface area contributed by atoms with Gasteiger partial charge in [0.25, 0.3) is 0 Å². The normalized spacial score (nSPS) is 17.8. The van der Waals surface area contributed by atoms with Gasteiger partial charge in [-0.1, -0.05) is 30.3 Å². The molecule has 2 aliphatic heterocycles. The number of aliphatic imine (C=N–C) groups is 1. The molecular formula is C23H35N5O. The van der Waals surface area contributed by atoms with Crippen LogP contribution in [0.1, 0.15) is 43.7 Å². The molecule has 0 atom stereocenters. The molecule has 0 spiro atoms. The quantitative estimate of drug-likeness (QED) is 0.306. The van der Waals surface area contributed by atoms with Gasteiger partial charge in [-0.3, -0.25) is 14.7 Å². The number of nitrogens with zero attached hydrogens (tertiary/aromatic N) is 3. The number of carbonyl (C=O) groups is 1. The van der Waals surface area contributed by atoms with Crippen LogP contribution < -0.4 is 10.6 Å². The van der Waals surface area contributed by atoms with Gasteiger partial charge in [-0.05, 0) is 37.3 Å². The second-order valence-electron chi connectivity index (χ2n) is 7.89. The Morgan fingerprint density at radius 3 is 2.55 bits per heavy atom. The third-order valence-electron chi connectivity index (χ3n) is 5.67. The molecule has 2 N–H and O–H groups in total. The average Bonchev–Trinajstić information content (AvgIpc) is 3.17. The minimum Gasteiger partial charge on any atom is -0.357 e.